The molecule has 4 amide bonds. The molecule has 78 heavy (non-hydrogen) atoms. The lowest BCUT2D eigenvalue weighted by Gasteiger charge is -2.20. The molecule has 0 aliphatic heterocycles. The summed E-state index contributed by atoms with van der Waals surface area (Å²) in [5.74, 6) is 1.58. The highest BCUT2D eigenvalue weighted by atomic mass is 16.5. The van der Waals surface area contributed by atoms with E-state index >= 15 is 0 Å². The van der Waals surface area contributed by atoms with Gasteiger partial charge in [0.2, 0.25) is 17.7 Å². The van der Waals surface area contributed by atoms with Crippen LogP contribution in [0.2, 0.25) is 0 Å². The monoisotopic (exact) mass is 1050 g/mol. The van der Waals surface area contributed by atoms with Crippen molar-refractivity contribution in [2.75, 3.05) is 23.0 Å². The largest absolute Gasteiger partial charge is 0.478 e. The number of rotatable bonds is 13. The molecule has 398 valence electrons. The fourth-order valence-electron chi connectivity index (χ4n) is 7.72. The van der Waals surface area contributed by atoms with Crippen LogP contribution in [0.5, 0.6) is 34.5 Å². The lowest BCUT2D eigenvalue weighted by Crippen LogP contribution is -2.27. The number of nitrogens with one attached hydrogen (secondary N) is 3. The van der Waals surface area contributed by atoms with Gasteiger partial charge in [0.25, 0.3) is 5.91 Å². The van der Waals surface area contributed by atoms with Gasteiger partial charge >= 0.3 is 5.97 Å². The lowest BCUT2D eigenvalue weighted by atomic mass is 10.1. The number of carboxylic acids is 1. The fraction of sp³-hybridized carbons (Fsp3) is 0.141. The molecule has 0 saturated carbocycles. The molecule has 0 atom stereocenters. The molecule has 0 spiro atoms. The van der Waals surface area contributed by atoms with Gasteiger partial charge in [-0.25, -0.2) is 4.79 Å². The van der Waals surface area contributed by atoms with Crippen LogP contribution in [0.3, 0.4) is 0 Å². The summed E-state index contributed by atoms with van der Waals surface area (Å²) in [6, 6.07) is 61.1. The van der Waals surface area contributed by atoms with Crippen molar-refractivity contribution in [2.24, 2.45) is 7.05 Å². The predicted molar refractivity (Wildman–Crippen MR) is 308 cm³/mol. The molecule has 4 N–H and O–H groups in total. The second-order valence-corrected chi connectivity index (χ2v) is 18.0. The van der Waals surface area contributed by atoms with Gasteiger partial charge in [0, 0.05) is 81.3 Å². The van der Waals surface area contributed by atoms with Gasteiger partial charge in [-0.05, 0) is 122 Å². The first-order valence-corrected chi connectivity index (χ1v) is 24.9. The van der Waals surface area contributed by atoms with Crippen molar-refractivity contribution in [1.29, 1.82) is 0 Å². The zero-order valence-electron chi connectivity index (χ0n) is 44.9. The van der Waals surface area contributed by atoms with Crippen LogP contribution in [0.15, 0.2) is 200 Å². The van der Waals surface area contributed by atoms with Crippen molar-refractivity contribution in [2.45, 2.75) is 48.1 Å². The first kappa shape index (κ1) is 57.3. The Kier molecular flexibility index (Phi) is 20.6. The zero-order chi connectivity index (χ0) is 56.1. The number of carbonyl (C=O) groups excluding carboxylic acids is 4. The van der Waals surface area contributed by atoms with Gasteiger partial charge in [-0.15, -0.1) is 0 Å². The highest BCUT2D eigenvalue weighted by Crippen LogP contribution is 2.31. The molecule has 0 saturated heterocycles. The number of ether oxygens (including phenoxy) is 3. The molecule has 0 unspecified atom stereocenters. The van der Waals surface area contributed by atoms with Crippen molar-refractivity contribution in [3.63, 3.8) is 0 Å². The van der Waals surface area contributed by atoms with E-state index < -0.39 is 5.97 Å². The molecule has 14 heteroatoms. The number of nitrogens with zero attached hydrogens (tertiary/aromatic N) is 2. The molecule has 14 nitrogen and oxygen atoms in total. The summed E-state index contributed by atoms with van der Waals surface area (Å²) < 4.78 is 19.5. The third-order valence-corrected chi connectivity index (χ3v) is 11.7. The molecular weight excluding hydrogens is 983 g/mol. The number of para-hydroxylation sites is 4. The first-order chi connectivity index (χ1) is 37.4. The number of aromatic nitrogens is 1. The normalized spacial score (nSPS) is 10.2. The molecule has 0 aliphatic carbocycles. The molecular formula is C64H63N5O9. The second-order valence-electron chi connectivity index (χ2n) is 18.0. The topological polar surface area (TPSA) is 178 Å². The van der Waals surface area contributed by atoms with Crippen LogP contribution in [-0.2, 0) is 28.0 Å². The van der Waals surface area contributed by atoms with Crippen molar-refractivity contribution in [1.82, 2.24) is 9.47 Å². The molecule has 0 bridgehead atoms. The van der Waals surface area contributed by atoms with Crippen molar-refractivity contribution >= 4 is 57.6 Å². The van der Waals surface area contributed by atoms with E-state index in [4.69, 9.17) is 19.3 Å². The van der Waals surface area contributed by atoms with E-state index in [1.54, 1.807) is 96.9 Å². The second kappa shape index (κ2) is 28.1. The number of amides is 4. The van der Waals surface area contributed by atoms with Gasteiger partial charge in [0.1, 0.15) is 40.1 Å². The van der Waals surface area contributed by atoms with Gasteiger partial charge in [-0.1, -0.05) is 103 Å². The number of hydrogen-bond acceptors (Lipinski definition) is 8. The zero-order valence-corrected chi connectivity index (χ0v) is 44.9. The standard InChI is InChI=1S/C26H25N3O3.C15H13NO4.C15H15NO2.C8H10/c1-18(30)27-20-10-8-11-22(16-20)32-25-14-7-5-12-23(25)26(31)28(2)17-21-15-19-9-4-6-13-24(19)29(21)3;1-10(17)16-11-5-4-6-12(9-11)20-14-8-3-2-7-13(14)15(18)19;1-11-6-3-4-9-15(11)18-14-8-5-7-13(10-14)16-12(2)17;1-7-5-3-4-6-8(7)2/h4-16H,17H2,1-3H3,(H,27,30);2-9H,1H3,(H,16,17)(H,18,19);3-10H,1-2H3,(H,16,17);3-6H,1-2H3. The van der Waals surface area contributed by atoms with Crippen LogP contribution in [0.1, 0.15) is 63.9 Å². The minimum Gasteiger partial charge on any atom is -0.478 e. The van der Waals surface area contributed by atoms with E-state index in [2.05, 4.69) is 76.8 Å². The molecule has 0 aliphatic rings. The summed E-state index contributed by atoms with van der Waals surface area (Å²) in [5.41, 5.74) is 8.48. The third kappa shape index (κ3) is 17.3. The Morgan fingerprint density at radius 3 is 1.28 bits per heavy atom. The number of carboxylic acid groups (broad SMARTS) is 1. The molecule has 9 rings (SSSR count). The minimum absolute atomic E-state index is 0.0810. The summed E-state index contributed by atoms with van der Waals surface area (Å²) in [4.78, 5) is 59.4. The SMILES string of the molecule is CC(=O)Nc1cccc(Oc2ccccc2C(=O)N(C)Cc2cc3ccccc3n2C)c1.CC(=O)Nc1cccc(Oc2ccccc2C(=O)O)c1.CC(=O)Nc1cccc(Oc2ccccc2C)c1.Cc1ccccc1C. The number of aromatic carboxylic acids is 1. The summed E-state index contributed by atoms with van der Waals surface area (Å²) in [6.45, 7) is 11.0. The number of fused-ring (bicyclic) bond motifs is 1. The van der Waals surface area contributed by atoms with Gasteiger partial charge in [0.15, 0.2) is 0 Å². The van der Waals surface area contributed by atoms with Crippen molar-refractivity contribution in [3.8, 4) is 34.5 Å². The Bertz CT molecular complexity index is 3510. The molecule has 0 fully saturated rings. The first-order valence-electron chi connectivity index (χ1n) is 24.9. The van der Waals surface area contributed by atoms with Gasteiger partial charge in [-0.2, -0.15) is 0 Å². The maximum absolute atomic E-state index is 13.3. The molecule has 1 aromatic heterocycles. The van der Waals surface area contributed by atoms with Crippen LogP contribution < -0.4 is 30.2 Å². The van der Waals surface area contributed by atoms with E-state index in [-0.39, 0.29) is 34.9 Å². The Hall–Kier alpha value is -9.95. The van der Waals surface area contributed by atoms with Crippen molar-refractivity contribution in [3.05, 3.63) is 234 Å². The van der Waals surface area contributed by atoms with E-state index in [1.807, 2.05) is 80.7 Å². The maximum atomic E-state index is 13.3. The molecule has 8 aromatic carbocycles. The molecule has 9 aromatic rings. The number of carbonyl (C=O) groups is 5. The van der Waals surface area contributed by atoms with E-state index in [9.17, 15) is 24.0 Å². The summed E-state index contributed by atoms with van der Waals surface area (Å²) >= 11 is 0. The average molecular weight is 1050 g/mol. The summed E-state index contributed by atoms with van der Waals surface area (Å²) in [5, 5.41) is 18.3. The third-order valence-electron chi connectivity index (χ3n) is 11.7. The molecule has 1 heterocycles. The number of benzene rings is 8. The summed E-state index contributed by atoms with van der Waals surface area (Å²) in [7, 11) is 3.79. The Labute approximate surface area is 454 Å². The van der Waals surface area contributed by atoms with Crippen LogP contribution in [0.4, 0.5) is 17.1 Å². The average Bonchev–Trinajstić information content (AvgIpc) is 3.77. The Morgan fingerprint density at radius 1 is 0.462 bits per heavy atom. The van der Waals surface area contributed by atoms with Crippen LogP contribution in [0, 0.1) is 20.8 Å². The lowest BCUT2D eigenvalue weighted by molar-refractivity contribution is -0.115. The Balaban J connectivity index is 0.000000184. The quantitative estimate of drug-likeness (QED) is 0.0875. The van der Waals surface area contributed by atoms with Crippen LogP contribution >= 0.6 is 0 Å². The predicted octanol–water partition coefficient (Wildman–Crippen LogP) is 14.4. The fourth-order valence-corrected chi connectivity index (χ4v) is 7.72. The van der Waals surface area contributed by atoms with E-state index in [0.717, 1.165) is 33.6 Å². The number of anilines is 3. The summed E-state index contributed by atoms with van der Waals surface area (Å²) in [6.07, 6.45) is 0. The van der Waals surface area contributed by atoms with Gasteiger partial charge in [-0.3, -0.25) is 19.2 Å². The van der Waals surface area contributed by atoms with Gasteiger partial charge < -0.3 is 44.7 Å². The Morgan fingerprint density at radius 2 is 0.846 bits per heavy atom. The van der Waals surface area contributed by atoms with E-state index in [0.29, 0.717) is 46.5 Å². The maximum Gasteiger partial charge on any atom is 0.339 e. The smallest absolute Gasteiger partial charge is 0.339 e. The highest BCUT2D eigenvalue weighted by molar-refractivity contribution is 5.97. The molecule has 0 radical (unpaired) electrons. The van der Waals surface area contributed by atoms with E-state index in [1.165, 1.54) is 38.0 Å². The number of aryl methyl sites for hydroxylation is 4. The minimum atomic E-state index is -1.06. The van der Waals surface area contributed by atoms with Crippen LogP contribution in [0.25, 0.3) is 10.9 Å². The number of hydrogen-bond donors (Lipinski definition) is 4. The van der Waals surface area contributed by atoms with Crippen molar-refractivity contribution < 1.29 is 43.3 Å². The highest BCUT2D eigenvalue weighted by Gasteiger charge is 2.19. The van der Waals surface area contributed by atoms with Crippen LogP contribution in [-0.4, -0.2) is 51.2 Å². The van der Waals surface area contributed by atoms with Gasteiger partial charge in [0.05, 0.1) is 12.1 Å².